The van der Waals surface area contributed by atoms with Gasteiger partial charge in [0.25, 0.3) is 0 Å². The van der Waals surface area contributed by atoms with E-state index in [2.05, 4.69) is 27.1 Å². The number of carbonyl (C=O) groups excluding carboxylic acids is 1. The fourth-order valence-electron chi connectivity index (χ4n) is 2.36. The van der Waals surface area contributed by atoms with Gasteiger partial charge in [-0.25, -0.2) is 9.97 Å². The Hall–Kier alpha value is -2.38. The summed E-state index contributed by atoms with van der Waals surface area (Å²) in [6.07, 6.45) is 6.08. The molecule has 1 aliphatic carbocycles. The van der Waals surface area contributed by atoms with Gasteiger partial charge in [-0.1, -0.05) is 24.0 Å². The number of rotatable bonds is 4. The van der Waals surface area contributed by atoms with Crippen molar-refractivity contribution in [3.8, 4) is 11.8 Å². The lowest BCUT2D eigenvalue weighted by Gasteiger charge is -2.13. The van der Waals surface area contributed by atoms with Crippen molar-refractivity contribution in [1.29, 1.82) is 0 Å². The van der Waals surface area contributed by atoms with Gasteiger partial charge in [0.05, 0.1) is 5.56 Å². The maximum absolute atomic E-state index is 11.8. The van der Waals surface area contributed by atoms with Gasteiger partial charge in [0.15, 0.2) is 0 Å². The van der Waals surface area contributed by atoms with E-state index in [-0.39, 0.29) is 23.2 Å². The van der Waals surface area contributed by atoms with E-state index in [1.807, 2.05) is 31.2 Å². The summed E-state index contributed by atoms with van der Waals surface area (Å²) in [5, 5.41) is 3.28. The first-order valence-electron chi connectivity index (χ1n) is 7.99. The molecule has 0 spiro atoms. The third-order valence-corrected chi connectivity index (χ3v) is 4.00. The number of benzene rings is 1. The van der Waals surface area contributed by atoms with Crippen molar-refractivity contribution >= 4 is 17.5 Å². The summed E-state index contributed by atoms with van der Waals surface area (Å²) >= 11 is 5.64. The summed E-state index contributed by atoms with van der Waals surface area (Å²) in [6, 6.07) is 8.19. The molecule has 1 heterocycles. The minimum Gasteiger partial charge on any atom is -0.353 e. The van der Waals surface area contributed by atoms with E-state index in [0.717, 1.165) is 30.4 Å². The van der Waals surface area contributed by atoms with Gasteiger partial charge in [0.2, 0.25) is 11.2 Å². The van der Waals surface area contributed by atoms with E-state index in [9.17, 15) is 4.79 Å². The molecule has 1 amide bonds. The second-order valence-electron chi connectivity index (χ2n) is 6.08. The molecule has 1 unspecified atom stereocenters. The smallest absolute Gasteiger partial charge is 0.223 e. The topological polar surface area (TPSA) is 54.9 Å². The van der Waals surface area contributed by atoms with Crippen molar-refractivity contribution in [1.82, 2.24) is 15.3 Å². The Balaban J connectivity index is 1.57. The van der Waals surface area contributed by atoms with Gasteiger partial charge in [-0.15, -0.1) is 0 Å². The van der Waals surface area contributed by atoms with Crippen LogP contribution in [-0.4, -0.2) is 21.9 Å². The molecule has 1 aromatic heterocycles. The minimum absolute atomic E-state index is 0.140. The second-order valence-corrected chi connectivity index (χ2v) is 6.41. The largest absolute Gasteiger partial charge is 0.353 e. The summed E-state index contributed by atoms with van der Waals surface area (Å²) in [6.45, 7) is 2.04. The molecule has 0 saturated heterocycles. The molecule has 0 bridgehead atoms. The fourth-order valence-corrected chi connectivity index (χ4v) is 2.45. The summed E-state index contributed by atoms with van der Waals surface area (Å²) in [5.41, 5.74) is 2.82. The van der Waals surface area contributed by atoms with Crippen LogP contribution in [-0.2, 0) is 11.2 Å². The third kappa shape index (κ3) is 4.81. The zero-order chi connectivity index (χ0) is 16.9. The number of hydrogen-bond donors (Lipinski definition) is 1. The standard InChI is InChI=1S/C19H18ClN3O/c1-13(23-18(24)17-8-9-17)10-15-5-2-14(3-6-15)4-7-16-11-21-19(20)22-12-16/h2-3,5-6,11-13,17H,8-10H2,1H3,(H,23,24). The van der Waals surface area contributed by atoms with Gasteiger partial charge in [0.1, 0.15) is 0 Å². The van der Waals surface area contributed by atoms with E-state index >= 15 is 0 Å². The highest BCUT2D eigenvalue weighted by molar-refractivity contribution is 6.28. The Kier molecular flexibility index (Phi) is 5.12. The molecule has 3 rings (SSSR count). The molecule has 0 aliphatic heterocycles. The normalized spacial score (nSPS) is 14.4. The zero-order valence-electron chi connectivity index (χ0n) is 13.4. The van der Waals surface area contributed by atoms with Gasteiger partial charge >= 0.3 is 0 Å². The van der Waals surface area contributed by atoms with Crippen LogP contribution in [0.3, 0.4) is 0 Å². The summed E-state index contributed by atoms with van der Waals surface area (Å²) in [7, 11) is 0. The van der Waals surface area contributed by atoms with Gasteiger partial charge in [-0.05, 0) is 55.5 Å². The molecule has 5 heteroatoms. The molecule has 122 valence electrons. The molecule has 2 aromatic rings. The number of amides is 1. The van der Waals surface area contributed by atoms with Crippen LogP contribution in [0.5, 0.6) is 0 Å². The van der Waals surface area contributed by atoms with Crippen LogP contribution in [0.2, 0.25) is 5.28 Å². The van der Waals surface area contributed by atoms with Crippen LogP contribution in [0.15, 0.2) is 36.7 Å². The molecule has 24 heavy (non-hydrogen) atoms. The molecule has 0 radical (unpaired) electrons. The Labute approximate surface area is 146 Å². The van der Waals surface area contributed by atoms with Gasteiger partial charge in [0, 0.05) is 29.9 Å². The molecular formula is C19H18ClN3O. The first-order valence-corrected chi connectivity index (χ1v) is 8.37. The zero-order valence-corrected chi connectivity index (χ0v) is 14.2. The first kappa shape index (κ1) is 16.5. The van der Waals surface area contributed by atoms with Gasteiger partial charge < -0.3 is 5.32 Å². The number of nitrogens with zero attached hydrogens (tertiary/aromatic N) is 2. The molecule has 1 aromatic carbocycles. The van der Waals surface area contributed by atoms with E-state index in [1.54, 1.807) is 12.4 Å². The van der Waals surface area contributed by atoms with Crippen molar-refractivity contribution < 1.29 is 4.79 Å². The Bertz CT molecular complexity index is 771. The average molecular weight is 340 g/mol. The van der Waals surface area contributed by atoms with Crippen molar-refractivity contribution in [3.05, 3.63) is 58.6 Å². The Morgan fingerprint density at radius 1 is 1.21 bits per heavy atom. The van der Waals surface area contributed by atoms with Crippen molar-refractivity contribution in [2.24, 2.45) is 5.92 Å². The predicted molar refractivity (Wildman–Crippen MR) is 93.5 cm³/mol. The van der Waals surface area contributed by atoms with Crippen LogP contribution >= 0.6 is 11.6 Å². The maximum Gasteiger partial charge on any atom is 0.223 e. The molecular weight excluding hydrogens is 322 g/mol. The van der Waals surface area contributed by atoms with Crippen LogP contribution in [0.25, 0.3) is 0 Å². The van der Waals surface area contributed by atoms with Gasteiger partial charge in [-0.3, -0.25) is 4.79 Å². The molecule has 1 saturated carbocycles. The number of hydrogen-bond acceptors (Lipinski definition) is 3. The lowest BCUT2D eigenvalue weighted by molar-refractivity contribution is -0.122. The summed E-state index contributed by atoms with van der Waals surface area (Å²) in [5.74, 6) is 6.52. The van der Waals surface area contributed by atoms with Crippen molar-refractivity contribution in [2.45, 2.75) is 32.2 Å². The highest BCUT2D eigenvalue weighted by Gasteiger charge is 2.30. The quantitative estimate of drug-likeness (QED) is 0.688. The summed E-state index contributed by atoms with van der Waals surface area (Å²) < 4.78 is 0. The van der Waals surface area contributed by atoms with Crippen LogP contribution in [0, 0.1) is 17.8 Å². The number of nitrogens with one attached hydrogen (secondary N) is 1. The van der Waals surface area contributed by atoms with Crippen molar-refractivity contribution in [3.63, 3.8) is 0 Å². The molecule has 1 atom stereocenters. The third-order valence-electron chi connectivity index (χ3n) is 3.80. The SMILES string of the molecule is CC(Cc1ccc(C#Cc2cnc(Cl)nc2)cc1)NC(=O)C1CC1. The predicted octanol–water partition coefficient (Wildman–Crippen LogP) is 2.99. The van der Waals surface area contributed by atoms with E-state index in [4.69, 9.17) is 11.6 Å². The number of aromatic nitrogens is 2. The highest BCUT2D eigenvalue weighted by Crippen LogP contribution is 2.28. The Morgan fingerprint density at radius 3 is 2.46 bits per heavy atom. The molecule has 1 aliphatic rings. The van der Waals surface area contributed by atoms with Crippen LogP contribution in [0.4, 0.5) is 0 Å². The summed E-state index contributed by atoms with van der Waals surface area (Å²) in [4.78, 5) is 19.5. The molecule has 4 nitrogen and oxygen atoms in total. The van der Waals surface area contributed by atoms with E-state index in [0.29, 0.717) is 0 Å². The lowest BCUT2D eigenvalue weighted by atomic mass is 10.0. The lowest BCUT2D eigenvalue weighted by Crippen LogP contribution is -2.35. The minimum atomic E-state index is 0.140. The van der Waals surface area contributed by atoms with Gasteiger partial charge in [-0.2, -0.15) is 0 Å². The van der Waals surface area contributed by atoms with E-state index < -0.39 is 0 Å². The first-order chi connectivity index (χ1) is 11.6. The van der Waals surface area contributed by atoms with Crippen LogP contribution in [0.1, 0.15) is 36.5 Å². The number of carbonyl (C=O) groups is 1. The Morgan fingerprint density at radius 2 is 1.83 bits per heavy atom. The van der Waals surface area contributed by atoms with Crippen LogP contribution < -0.4 is 5.32 Å². The monoisotopic (exact) mass is 339 g/mol. The fraction of sp³-hybridized carbons (Fsp3) is 0.316. The highest BCUT2D eigenvalue weighted by atomic mass is 35.5. The number of halogens is 1. The average Bonchev–Trinajstić information content (AvgIpc) is 3.40. The maximum atomic E-state index is 11.8. The molecule has 1 fully saturated rings. The van der Waals surface area contributed by atoms with E-state index in [1.165, 1.54) is 5.56 Å². The van der Waals surface area contributed by atoms with Crippen molar-refractivity contribution in [2.75, 3.05) is 0 Å². The second kappa shape index (κ2) is 7.46. The molecule has 1 N–H and O–H groups in total.